The third-order valence-corrected chi connectivity index (χ3v) is 2.41. The third-order valence-electron chi connectivity index (χ3n) is 2.41. The number of anilines is 1. The molecule has 4 N–H and O–H groups in total. The normalized spacial score (nSPS) is 10.0. The average Bonchev–Trinajstić information content (AvgIpc) is 2.33. The maximum atomic E-state index is 11.7. The van der Waals surface area contributed by atoms with Crippen LogP contribution in [0, 0.1) is 0 Å². The highest BCUT2D eigenvalue weighted by molar-refractivity contribution is 5.96. The number of nitrogens with one attached hydrogen (secondary N) is 1. The first kappa shape index (κ1) is 14.0. The molecule has 0 aromatic carbocycles. The predicted octanol–water partition coefficient (Wildman–Crippen LogP) is 1.04. The predicted molar refractivity (Wildman–Crippen MR) is 67.1 cm³/mol. The van der Waals surface area contributed by atoms with Gasteiger partial charge in [0.1, 0.15) is 0 Å². The molecule has 1 rings (SSSR count). The molecule has 1 heterocycles. The van der Waals surface area contributed by atoms with Crippen molar-refractivity contribution >= 4 is 17.6 Å². The lowest BCUT2D eigenvalue weighted by Gasteiger charge is -2.05. The van der Waals surface area contributed by atoms with E-state index in [1.807, 2.05) is 0 Å². The van der Waals surface area contributed by atoms with Gasteiger partial charge in [0, 0.05) is 19.2 Å². The number of unbranched alkanes of at least 4 members (excludes halogenated alkanes) is 2. The van der Waals surface area contributed by atoms with Crippen molar-refractivity contribution in [3.63, 3.8) is 0 Å². The zero-order valence-electron chi connectivity index (χ0n) is 10.1. The van der Waals surface area contributed by atoms with Crippen LogP contribution < -0.4 is 11.1 Å². The number of pyridine rings is 1. The summed E-state index contributed by atoms with van der Waals surface area (Å²) in [5.74, 6) is -1.09. The van der Waals surface area contributed by atoms with E-state index in [2.05, 4.69) is 10.3 Å². The Morgan fingerprint density at radius 3 is 2.78 bits per heavy atom. The number of carboxylic acids is 1. The number of hydrogen-bond acceptors (Lipinski definition) is 4. The van der Waals surface area contributed by atoms with Crippen molar-refractivity contribution in [1.82, 2.24) is 10.3 Å². The molecule has 0 fully saturated rings. The first-order valence-electron chi connectivity index (χ1n) is 5.81. The summed E-state index contributed by atoms with van der Waals surface area (Å²) in [6, 6.07) is 3.28. The van der Waals surface area contributed by atoms with Crippen LogP contribution in [0.1, 0.15) is 36.2 Å². The second-order valence-corrected chi connectivity index (χ2v) is 3.90. The van der Waals surface area contributed by atoms with Crippen LogP contribution in [0.3, 0.4) is 0 Å². The maximum absolute atomic E-state index is 11.7. The number of nitrogen functional groups attached to an aromatic ring is 1. The van der Waals surface area contributed by atoms with E-state index in [9.17, 15) is 9.59 Å². The number of carboxylic acid groups (broad SMARTS) is 1. The summed E-state index contributed by atoms with van der Waals surface area (Å²) in [4.78, 5) is 25.8. The molecule has 0 aliphatic rings. The van der Waals surface area contributed by atoms with Crippen molar-refractivity contribution < 1.29 is 14.7 Å². The van der Waals surface area contributed by atoms with Crippen LogP contribution in [0.25, 0.3) is 0 Å². The van der Waals surface area contributed by atoms with E-state index in [0.29, 0.717) is 18.7 Å². The fourth-order valence-electron chi connectivity index (χ4n) is 1.47. The van der Waals surface area contributed by atoms with Gasteiger partial charge in [0.25, 0.3) is 5.91 Å². The van der Waals surface area contributed by atoms with Crippen LogP contribution >= 0.6 is 0 Å². The SMILES string of the molecule is Nc1cccnc1C(=O)NCCCCCC(=O)O. The average molecular weight is 251 g/mol. The molecule has 0 bridgehead atoms. The van der Waals surface area contributed by atoms with Crippen LogP contribution in [0.5, 0.6) is 0 Å². The second-order valence-electron chi connectivity index (χ2n) is 3.90. The van der Waals surface area contributed by atoms with Crippen molar-refractivity contribution in [3.05, 3.63) is 24.0 Å². The molecular weight excluding hydrogens is 234 g/mol. The Labute approximate surface area is 105 Å². The van der Waals surface area contributed by atoms with E-state index in [1.165, 1.54) is 6.20 Å². The first-order chi connectivity index (χ1) is 8.61. The molecule has 6 heteroatoms. The molecule has 0 saturated heterocycles. The van der Waals surface area contributed by atoms with E-state index in [0.717, 1.165) is 12.8 Å². The summed E-state index contributed by atoms with van der Waals surface area (Å²) < 4.78 is 0. The number of carbonyl (C=O) groups is 2. The molecule has 6 nitrogen and oxygen atoms in total. The first-order valence-corrected chi connectivity index (χ1v) is 5.81. The maximum Gasteiger partial charge on any atom is 0.303 e. The molecular formula is C12H17N3O3. The Bertz CT molecular complexity index is 421. The Balaban J connectivity index is 2.22. The molecule has 0 atom stereocenters. The van der Waals surface area contributed by atoms with Crippen molar-refractivity contribution in [3.8, 4) is 0 Å². The largest absolute Gasteiger partial charge is 0.481 e. The zero-order chi connectivity index (χ0) is 13.4. The van der Waals surface area contributed by atoms with E-state index in [4.69, 9.17) is 10.8 Å². The van der Waals surface area contributed by atoms with Gasteiger partial charge in [-0.15, -0.1) is 0 Å². The number of rotatable bonds is 7. The standard InChI is InChI=1S/C12H17N3O3/c13-9-5-4-8-14-11(9)12(18)15-7-3-1-2-6-10(16)17/h4-5,8H,1-3,6-7,13H2,(H,15,18)(H,16,17). The van der Waals surface area contributed by atoms with Gasteiger partial charge in [-0.3, -0.25) is 9.59 Å². The van der Waals surface area contributed by atoms with Gasteiger partial charge in [-0.2, -0.15) is 0 Å². The number of amides is 1. The lowest BCUT2D eigenvalue weighted by Crippen LogP contribution is -2.26. The van der Waals surface area contributed by atoms with Gasteiger partial charge < -0.3 is 16.2 Å². The van der Waals surface area contributed by atoms with Gasteiger partial charge >= 0.3 is 5.97 Å². The second kappa shape index (κ2) is 7.26. The molecule has 0 radical (unpaired) electrons. The molecule has 1 aromatic rings. The van der Waals surface area contributed by atoms with Crippen molar-refractivity contribution in [1.29, 1.82) is 0 Å². The Kier molecular flexibility index (Phi) is 5.63. The Morgan fingerprint density at radius 1 is 1.33 bits per heavy atom. The highest BCUT2D eigenvalue weighted by Crippen LogP contribution is 2.06. The van der Waals surface area contributed by atoms with Crippen LogP contribution in [-0.2, 0) is 4.79 Å². The minimum absolute atomic E-state index is 0.168. The van der Waals surface area contributed by atoms with Crippen molar-refractivity contribution in [2.75, 3.05) is 12.3 Å². The minimum Gasteiger partial charge on any atom is -0.481 e. The summed E-state index contributed by atoms with van der Waals surface area (Å²) in [5, 5.41) is 11.1. The molecule has 0 unspecified atom stereocenters. The Morgan fingerprint density at radius 2 is 2.11 bits per heavy atom. The Hall–Kier alpha value is -2.11. The van der Waals surface area contributed by atoms with Crippen LogP contribution in [0.15, 0.2) is 18.3 Å². The van der Waals surface area contributed by atoms with Gasteiger partial charge in [-0.25, -0.2) is 4.98 Å². The highest BCUT2D eigenvalue weighted by atomic mass is 16.4. The van der Waals surface area contributed by atoms with E-state index >= 15 is 0 Å². The van der Waals surface area contributed by atoms with Crippen LogP contribution in [-0.4, -0.2) is 28.5 Å². The van der Waals surface area contributed by atoms with E-state index < -0.39 is 5.97 Å². The molecule has 98 valence electrons. The summed E-state index contributed by atoms with van der Waals surface area (Å²) in [7, 11) is 0. The minimum atomic E-state index is -0.791. The van der Waals surface area contributed by atoms with Gasteiger partial charge in [-0.05, 0) is 25.0 Å². The quantitative estimate of drug-likeness (QED) is 0.628. The summed E-state index contributed by atoms with van der Waals surface area (Å²) in [6.45, 7) is 0.495. The van der Waals surface area contributed by atoms with Crippen LogP contribution in [0.2, 0.25) is 0 Å². The lowest BCUT2D eigenvalue weighted by molar-refractivity contribution is -0.137. The topological polar surface area (TPSA) is 105 Å². The van der Waals surface area contributed by atoms with Crippen LogP contribution in [0.4, 0.5) is 5.69 Å². The van der Waals surface area contributed by atoms with Gasteiger partial charge in [0.2, 0.25) is 0 Å². The number of nitrogens with zero attached hydrogens (tertiary/aromatic N) is 1. The van der Waals surface area contributed by atoms with E-state index in [-0.39, 0.29) is 18.0 Å². The van der Waals surface area contributed by atoms with Crippen molar-refractivity contribution in [2.24, 2.45) is 0 Å². The summed E-state index contributed by atoms with van der Waals surface area (Å²) in [6.07, 6.45) is 3.81. The molecule has 1 aromatic heterocycles. The fraction of sp³-hybridized carbons (Fsp3) is 0.417. The number of aliphatic carboxylic acids is 1. The van der Waals surface area contributed by atoms with E-state index in [1.54, 1.807) is 12.1 Å². The summed E-state index contributed by atoms with van der Waals surface area (Å²) >= 11 is 0. The number of carbonyl (C=O) groups excluding carboxylic acids is 1. The molecule has 18 heavy (non-hydrogen) atoms. The smallest absolute Gasteiger partial charge is 0.303 e. The highest BCUT2D eigenvalue weighted by Gasteiger charge is 2.09. The molecule has 1 amide bonds. The number of nitrogens with two attached hydrogens (primary N) is 1. The monoisotopic (exact) mass is 251 g/mol. The summed E-state index contributed by atoms with van der Waals surface area (Å²) in [5.41, 5.74) is 6.19. The number of aromatic nitrogens is 1. The third kappa shape index (κ3) is 4.82. The van der Waals surface area contributed by atoms with Gasteiger partial charge in [0.05, 0.1) is 5.69 Å². The zero-order valence-corrected chi connectivity index (χ0v) is 10.1. The lowest BCUT2D eigenvalue weighted by atomic mass is 10.2. The van der Waals surface area contributed by atoms with Crippen molar-refractivity contribution in [2.45, 2.75) is 25.7 Å². The molecule has 0 aliphatic carbocycles. The fourth-order valence-corrected chi connectivity index (χ4v) is 1.47. The van der Waals surface area contributed by atoms with Gasteiger partial charge in [0.15, 0.2) is 5.69 Å². The molecule has 0 aliphatic heterocycles. The van der Waals surface area contributed by atoms with Gasteiger partial charge in [-0.1, -0.05) is 6.42 Å². The molecule has 0 saturated carbocycles. The number of hydrogen-bond donors (Lipinski definition) is 3. The molecule has 0 spiro atoms.